The fourth-order valence-corrected chi connectivity index (χ4v) is 5.86. The van der Waals surface area contributed by atoms with Crippen LogP contribution in [0.2, 0.25) is 0 Å². The molecular formula is C9H20BN2O13P3. The third-order valence-corrected chi connectivity index (χ3v) is 8.14. The second kappa shape index (κ2) is 10.6. The van der Waals surface area contributed by atoms with Crippen molar-refractivity contribution in [3.05, 3.63) is 0 Å². The minimum atomic E-state index is -5.30. The van der Waals surface area contributed by atoms with Crippen LogP contribution in [-0.2, 0) is 49.9 Å². The summed E-state index contributed by atoms with van der Waals surface area (Å²) in [7, 11) is -6.34. The molecule has 0 aromatic carbocycles. The van der Waals surface area contributed by atoms with E-state index in [1.165, 1.54) is 0 Å². The number of amides is 1. The second-order valence-corrected chi connectivity index (χ2v) is 10.3. The Balaban J connectivity index is 2.78. The lowest BCUT2D eigenvalue weighted by Crippen LogP contribution is -2.38. The van der Waals surface area contributed by atoms with Crippen LogP contribution in [0.3, 0.4) is 0 Å². The first-order valence-corrected chi connectivity index (χ1v) is 11.7. The molecule has 15 nitrogen and oxygen atoms in total. The molecule has 2 radical (unpaired) electrons. The van der Waals surface area contributed by atoms with E-state index in [0.29, 0.717) is 0 Å². The summed E-state index contributed by atoms with van der Waals surface area (Å²) in [6, 6.07) is -0.839. The summed E-state index contributed by atoms with van der Waals surface area (Å²) >= 11 is 0. The van der Waals surface area contributed by atoms with Crippen molar-refractivity contribution in [2.24, 2.45) is 5.84 Å². The zero-order valence-electron chi connectivity index (χ0n) is 15.0. The third kappa shape index (κ3) is 7.83. The summed E-state index contributed by atoms with van der Waals surface area (Å²) in [5, 5.41) is 0. The Labute approximate surface area is 161 Å². The smallest absolute Gasteiger partial charge is 0.442 e. The van der Waals surface area contributed by atoms with Crippen LogP contribution in [-0.4, -0.2) is 65.0 Å². The molecule has 1 heterocycles. The summed E-state index contributed by atoms with van der Waals surface area (Å²) in [5.74, 6) is 4.91. The van der Waals surface area contributed by atoms with Gasteiger partial charge in [-0.15, -0.1) is 0 Å². The second-order valence-electron chi connectivity index (χ2n) is 4.91. The zero-order valence-corrected chi connectivity index (χ0v) is 17.7. The molecule has 1 amide bonds. The van der Waals surface area contributed by atoms with Crippen molar-refractivity contribution in [1.29, 1.82) is 0 Å². The number of phosphoric acid groups is 3. The molecule has 1 rings (SSSR count). The Morgan fingerprint density at radius 3 is 2.21 bits per heavy atom. The van der Waals surface area contributed by atoms with Gasteiger partial charge in [-0.05, 0) is 0 Å². The van der Waals surface area contributed by atoms with Crippen molar-refractivity contribution >= 4 is 37.4 Å². The molecule has 28 heavy (non-hydrogen) atoms. The van der Waals surface area contributed by atoms with Gasteiger partial charge in [-0.2, -0.15) is 8.62 Å². The van der Waals surface area contributed by atoms with Gasteiger partial charge in [0.15, 0.2) is 0 Å². The van der Waals surface area contributed by atoms with Gasteiger partial charge < -0.3 is 14.4 Å². The van der Waals surface area contributed by atoms with Crippen LogP contribution in [0.25, 0.3) is 0 Å². The summed E-state index contributed by atoms with van der Waals surface area (Å²) in [6.07, 6.45) is -2.90. The van der Waals surface area contributed by atoms with Gasteiger partial charge >= 0.3 is 29.6 Å². The minimum absolute atomic E-state index is 0.0616. The van der Waals surface area contributed by atoms with Crippen molar-refractivity contribution in [2.75, 3.05) is 27.9 Å². The molecule has 5 atom stereocenters. The molecule has 0 aromatic rings. The van der Waals surface area contributed by atoms with Crippen LogP contribution in [0, 0.1) is 0 Å². The number of phosphoric ester groups is 2. The van der Waals surface area contributed by atoms with Gasteiger partial charge in [0, 0.05) is 33.8 Å². The highest BCUT2D eigenvalue weighted by atomic mass is 31.3. The number of ether oxygens (including phenoxy) is 2. The molecule has 1 aliphatic heterocycles. The van der Waals surface area contributed by atoms with Crippen molar-refractivity contribution in [2.45, 2.75) is 24.6 Å². The SMILES string of the molecule is [B][C@H]1CC(OC(=O)NN)[C@@H](COP(=O)(OC)OP(=O)(O)OP(=O)(OC)OC)O1. The maximum Gasteiger partial charge on any atom is 0.490 e. The molecule has 0 spiro atoms. The van der Waals surface area contributed by atoms with Crippen LogP contribution >= 0.6 is 23.5 Å². The number of carbonyl (C=O) groups excluding carboxylic acids is 1. The van der Waals surface area contributed by atoms with E-state index in [9.17, 15) is 23.4 Å². The van der Waals surface area contributed by atoms with Crippen LogP contribution in [0.5, 0.6) is 0 Å². The third-order valence-electron chi connectivity index (χ3n) is 3.08. The average molecular weight is 468 g/mol. The number of hydrazine groups is 1. The molecule has 1 fully saturated rings. The Bertz CT molecular complexity index is 672. The molecule has 162 valence electrons. The van der Waals surface area contributed by atoms with E-state index in [0.717, 1.165) is 21.3 Å². The van der Waals surface area contributed by atoms with Crippen LogP contribution in [0.15, 0.2) is 0 Å². The van der Waals surface area contributed by atoms with E-state index in [1.54, 1.807) is 5.43 Å². The number of rotatable bonds is 11. The normalized spacial score (nSPS) is 27.0. The van der Waals surface area contributed by atoms with E-state index in [1.807, 2.05) is 0 Å². The highest BCUT2D eigenvalue weighted by Crippen LogP contribution is 2.70. The first-order chi connectivity index (χ1) is 12.9. The van der Waals surface area contributed by atoms with Gasteiger partial charge in [0.1, 0.15) is 20.1 Å². The molecule has 4 N–H and O–H groups in total. The average Bonchev–Trinajstić information content (AvgIpc) is 2.98. The quantitative estimate of drug-likeness (QED) is 0.125. The molecule has 1 aliphatic rings. The predicted octanol–water partition coefficient (Wildman–Crippen LogP) is 0.544. The van der Waals surface area contributed by atoms with Crippen molar-refractivity contribution in [1.82, 2.24) is 5.43 Å². The maximum atomic E-state index is 12.4. The lowest BCUT2D eigenvalue weighted by Gasteiger charge is -2.23. The summed E-state index contributed by atoms with van der Waals surface area (Å²) in [4.78, 5) is 20.8. The summed E-state index contributed by atoms with van der Waals surface area (Å²) in [6.45, 7) is -0.604. The molecule has 3 unspecified atom stereocenters. The lowest BCUT2D eigenvalue weighted by atomic mass is 9.96. The number of hydrogen-bond acceptors (Lipinski definition) is 13. The monoisotopic (exact) mass is 468 g/mol. The van der Waals surface area contributed by atoms with E-state index < -0.39 is 54.4 Å². The predicted molar refractivity (Wildman–Crippen MR) is 90.8 cm³/mol. The van der Waals surface area contributed by atoms with Crippen molar-refractivity contribution in [3.63, 3.8) is 0 Å². The van der Waals surface area contributed by atoms with Crippen molar-refractivity contribution < 1.29 is 59.6 Å². The maximum absolute atomic E-state index is 12.4. The fourth-order valence-electron chi connectivity index (χ4n) is 1.87. The van der Waals surface area contributed by atoms with E-state index in [4.69, 9.17) is 27.7 Å². The molecule has 0 bridgehead atoms. The molecular weight excluding hydrogens is 448 g/mol. The van der Waals surface area contributed by atoms with E-state index >= 15 is 0 Å². The topological polar surface area (TPSA) is 200 Å². The fraction of sp³-hybridized carbons (Fsp3) is 0.889. The molecule has 19 heteroatoms. The molecule has 1 saturated heterocycles. The van der Waals surface area contributed by atoms with Crippen LogP contribution in [0.4, 0.5) is 4.79 Å². The van der Waals surface area contributed by atoms with E-state index in [-0.39, 0.29) is 6.42 Å². The summed E-state index contributed by atoms with van der Waals surface area (Å²) in [5.41, 5.74) is 1.74. The number of nitrogens with one attached hydrogen (secondary N) is 1. The molecule has 0 aromatic heterocycles. The van der Waals surface area contributed by atoms with Crippen LogP contribution in [0.1, 0.15) is 6.42 Å². The number of carbonyl (C=O) groups is 1. The van der Waals surface area contributed by atoms with Gasteiger partial charge in [0.25, 0.3) is 0 Å². The zero-order chi connectivity index (χ0) is 21.6. The number of nitrogens with two attached hydrogens (primary N) is 1. The summed E-state index contributed by atoms with van der Waals surface area (Å²) < 4.78 is 72.8. The lowest BCUT2D eigenvalue weighted by molar-refractivity contribution is -0.0124. The highest BCUT2D eigenvalue weighted by Gasteiger charge is 2.45. The Hall–Kier alpha value is -0.335. The largest absolute Gasteiger partial charge is 0.490 e. The van der Waals surface area contributed by atoms with Crippen molar-refractivity contribution in [3.8, 4) is 0 Å². The minimum Gasteiger partial charge on any atom is -0.442 e. The Morgan fingerprint density at radius 1 is 1.18 bits per heavy atom. The molecule has 0 saturated carbocycles. The van der Waals surface area contributed by atoms with Gasteiger partial charge in [0.05, 0.1) is 6.61 Å². The van der Waals surface area contributed by atoms with Gasteiger partial charge in [-0.1, -0.05) is 0 Å². The van der Waals surface area contributed by atoms with Gasteiger partial charge in [0.2, 0.25) is 0 Å². The van der Waals surface area contributed by atoms with Gasteiger partial charge in [-0.3, -0.25) is 23.5 Å². The molecule has 0 aliphatic carbocycles. The Morgan fingerprint density at radius 2 is 1.71 bits per heavy atom. The Kier molecular flexibility index (Phi) is 9.75. The highest BCUT2D eigenvalue weighted by molar-refractivity contribution is 7.67. The van der Waals surface area contributed by atoms with E-state index in [2.05, 4.69) is 22.2 Å². The number of hydrogen-bond donors (Lipinski definition) is 3. The first-order valence-electron chi connectivity index (χ1n) is 7.27. The standard InChI is InChI=1S/C9H20BN2O13P3/c1-18-27(16,19-2)24-26(14,15)25-28(17,20-3)21-5-7-6(4-8(10)22-7)23-9(13)12-11/h6-8H,4-5,11H2,1-3H3,(H,12,13)(H,14,15)/t6?,7-,8-,28?/m1/s1. The van der Waals surface area contributed by atoms with Crippen LogP contribution < -0.4 is 11.3 Å². The van der Waals surface area contributed by atoms with Gasteiger partial charge in [-0.25, -0.2) is 24.3 Å². The first kappa shape index (κ1) is 25.7.